The Morgan fingerprint density at radius 3 is 2.48 bits per heavy atom. The summed E-state index contributed by atoms with van der Waals surface area (Å²) in [6.45, 7) is 9.09. The number of benzene rings is 1. The van der Waals surface area contributed by atoms with Crippen molar-refractivity contribution in [2.75, 3.05) is 46.5 Å². The van der Waals surface area contributed by atoms with E-state index in [1.165, 1.54) is 5.56 Å². The number of hydrogen-bond donors (Lipinski definition) is 2. The van der Waals surface area contributed by atoms with Crippen molar-refractivity contribution in [1.29, 1.82) is 0 Å². The summed E-state index contributed by atoms with van der Waals surface area (Å²) in [6, 6.07) is 8.45. The van der Waals surface area contributed by atoms with Gasteiger partial charge in [-0.05, 0) is 23.6 Å². The van der Waals surface area contributed by atoms with Gasteiger partial charge >= 0.3 is 0 Å². The van der Waals surface area contributed by atoms with E-state index in [1.807, 2.05) is 12.1 Å². The summed E-state index contributed by atoms with van der Waals surface area (Å²) in [5, 5.41) is 3.28. The molecule has 142 valence electrons. The van der Waals surface area contributed by atoms with E-state index in [9.17, 15) is 0 Å². The molecule has 1 aromatic carbocycles. The Balaban J connectivity index is 0.00000312. The van der Waals surface area contributed by atoms with Crippen LogP contribution in [0.2, 0.25) is 0 Å². The fourth-order valence-corrected chi connectivity index (χ4v) is 2.71. The first kappa shape index (κ1) is 22.0. The van der Waals surface area contributed by atoms with E-state index in [0.29, 0.717) is 11.9 Å². The van der Waals surface area contributed by atoms with Gasteiger partial charge in [0.05, 0.1) is 26.4 Å². The molecule has 6 nitrogen and oxygen atoms in total. The van der Waals surface area contributed by atoms with Gasteiger partial charge in [0, 0.05) is 26.2 Å². The third-order valence-corrected chi connectivity index (χ3v) is 4.09. The first-order valence-corrected chi connectivity index (χ1v) is 8.59. The highest BCUT2D eigenvalue weighted by molar-refractivity contribution is 14.0. The number of halogens is 1. The van der Waals surface area contributed by atoms with Crippen molar-refractivity contribution in [2.24, 2.45) is 16.6 Å². The molecule has 1 heterocycles. The van der Waals surface area contributed by atoms with Crippen molar-refractivity contribution in [1.82, 2.24) is 10.2 Å². The van der Waals surface area contributed by atoms with Gasteiger partial charge in [-0.25, -0.2) is 0 Å². The van der Waals surface area contributed by atoms with E-state index in [2.05, 4.69) is 41.2 Å². The minimum atomic E-state index is 0. The number of rotatable bonds is 7. The highest BCUT2D eigenvalue weighted by Gasteiger charge is 2.22. The first-order chi connectivity index (χ1) is 11.6. The van der Waals surface area contributed by atoms with Crippen LogP contribution in [0.25, 0.3) is 0 Å². The number of hydrogen-bond acceptors (Lipinski definition) is 4. The summed E-state index contributed by atoms with van der Waals surface area (Å²) in [7, 11) is 1.68. The monoisotopic (exact) mass is 462 g/mol. The van der Waals surface area contributed by atoms with E-state index >= 15 is 0 Å². The number of nitrogens with zero attached hydrogens (tertiary/aromatic N) is 2. The number of ether oxygens (including phenoxy) is 2. The maximum Gasteiger partial charge on any atom is 0.188 e. The summed E-state index contributed by atoms with van der Waals surface area (Å²) >= 11 is 0. The van der Waals surface area contributed by atoms with Gasteiger partial charge < -0.3 is 20.5 Å². The molecule has 0 amide bonds. The SMILES string of the molecule is COc1ccc(C(CNC(N)=NCC(C)C)N2CCOCC2)cc1.I. The highest BCUT2D eigenvalue weighted by Crippen LogP contribution is 2.23. The van der Waals surface area contributed by atoms with Gasteiger partial charge in [-0.15, -0.1) is 24.0 Å². The maximum absolute atomic E-state index is 6.00. The third-order valence-electron chi connectivity index (χ3n) is 4.09. The van der Waals surface area contributed by atoms with Gasteiger partial charge in [-0.2, -0.15) is 0 Å². The fraction of sp³-hybridized carbons (Fsp3) is 0.611. The second-order valence-electron chi connectivity index (χ2n) is 6.44. The predicted molar refractivity (Wildman–Crippen MR) is 113 cm³/mol. The van der Waals surface area contributed by atoms with Crippen molar-refractivity contribution in [2.45, 2.75) is 19.9 Å². The Labute approximate surface area is 168 Å². The van der Waals surface area contributed by atoms with Crippen LogP contribution in [-0.2, 0) is 4.74 Å². The smallest absolute Gasteiger partial charge is 0.188 e. The summed E-state index contributed by atoms with van der Waals surface area (Å²) in [6.07, 6.45) is 0. The summed E-state index contributed by atoms with van der Waals surface area (Å²) in [4.78, 5) is 6.81. The molecule has 2 rings (SSSR count). The molecular weight excluding hydrogens is 431 g/mol. The van der Waals surface area contributed by atoms with Crippen molar-refractivity contribution in [3.63, 3.8) is 0 Å². The highest BCUT2D eigenvalue weighted by atomic mass is 127. The van der Waals surface area contributed by atoms with Crippen molar-refractivity contribution in [3.8, 4) is 5.75 Å². The van der Waals surface area contributed by atoms with Crippen LogP contribution in [0.15, 0.2) is 29.3 Å². The summed E-state index contributed by atoms with van der Waals surface area (Å²) < 4.78 is 10.7. The second kappa shape index (κ2) is 11.5. The first-order valence-electron chi connectivity index (χ1n) is 8.59. The molecule has 0 radical (unpaired) electrons. The molecule has 1 saturated heterocycles. The lowest BCUT2D eigenvalue weighted by Gasteiger charge is -2.35. The van der Waals surface area contributed by atoms with Gasteiger partial charge in [0.15, 0.2) is 5.96 Å². The maximum atomic E-state index is 6.00. The normalized spacial score (nSPS) is 17.0. The molecule has 1 aromatic rings. The van der Waals surface area contributed by atoms with E-state index in [4.69, 9.17) is 15.2 Å². The lowest BCUT2D eigenvalue weighted by molar-refractivity contribution is 0.0170. The standard InChI is InChI=1S/C18H30N4O2.HI/c1-14(2)12-20-18(19)21-13-17(22-8-10-24-11-9-22)15-4-6-16(23-3)7-5-15;/h4-7,14,17H,8-13H2,1-3H3,(H3,19,20,21);1H. The van der Waals surface area contributed by atoms with Crippen LogP contribution in [0.3, 0.4) is 0 Å². The molecule has 1 atom stereocenters. The number of nitrogens with two attached hydrogens (primary N) is 1. The largest absolute Gasteiger partial charge is 0.497 e. The molecule has 0 aliphatic carbocycles. The molecule has 7 heteroatoms. The molecule has 3 N–H and O–H groups in total. The van der Waals surface area contributed by atoms with Crippen LogP contribution >= 0.6 is 24.0 Å². The number of aliphatic imine (C=N–C) groups is 1. The fourth-order valence-electron chi connectivity index (χ4n) is 2.71. The van der Waals surface area contributed by atoms with Crippen LogP contribution in [-0.4, -0.2) is 57.4 Å². The molecule has 0 aromatic heterocycles. The van der Waals surface area contributed by atoms with E-state index in [1.54, 1.807) is 7.11 Å². The topological polar surface area (TPSA) is 72.1 Å². The Morgan fingerprint density at radius 2 is 1.92 bits per heavy atom. The van der Waals surface area contributed by atoms with E-state index in [-0.39, 0.29) is 30.0 Å². The number of nitrogens with one attached hydrogen (secondary N) is 1. The Kier molecular flexibility index (Phi) is 10.1. The molecular formula is C18H31IN4O2. The van der Waals surface area contributed by atoms with Crippen LogP contribution in [0, 0.1) is 5.92 Å². The molecule has 25 heavy (non-hydrogen) atoms. The summed E-state index contributed by atoms with van der Waals surface area (Å²) in [5.74, 6) is 1.88. The number of morpholine rings is 1. The van der Waals surface area contributed by atoms with E-state index < -0.39 is 0 Å². The van der Waals surface area contributed by atoms with Crippen molar-refractivity contribution >= 4 is 29.9 Å². The zero-order valence-corrected chi connectivity index (χ0v) is 17.7. The van der Waals surface area contributed by atoms with Crippen LogP contribution in [0.5, 0.6) is 5.75 Å². The van der Waals surface area contributed by atoms with Crippen molar-refractivity contribution < 1.29 is 9.47 Å². The van der Waals surface area contributed by atoms with Gasteiger partial charge in [0.2, 0.25) is 0 Å². The molecule has 1 aliphatic heterocycles. The molecule has 1 unspecified atom stereocenters. The van der Waals surface area contributed by atoms with Gasteiger partial charge in [0.1, 0.15) is 5.75 Å². The average Bonchev–Trinajstić information content (AvgIpc) is 2.61. The Hall–Kier alpha value is -1.06. The molecule has 1 fully saturated rings. The van der Waals surface area contributed by atoms with Crippen LogP contribution in [0.4, 0.5) is 0 Å². The van der Waals surface area contributed by atoms with Gasteiger partial charge in [-0.3, -0.25) is 9.89 Å². The molecule has 0 spiro atoms. The zero-order chi connectivity index (χ0) is 17.4. The molecule has 0 saturated carbocycles. The lowest BCUT2D eigenvalue weighted by Crippen LogP contribution is -2.45. The predicted octanol–water partition coefficient (Wildman–Crippen LogP) is 2.25. The minimum Gasteiger partial charge on any atom is -0.497 e. The summed E-state index contributed by atoms with van der Waals surface area (Å²) in [5.41, 5.74) is 7.24. The third kappa shape index (κ3) is 7.37. The van der Waals surface area contributed by atoms with Gasteiger partial charge in [0.25, 0.3) is 0 Å². The van der Waals surface area contributed by atoms with Gasteiger partial charge in [-0.1, -0.05) is 26.0 Å². The quantitative estimate of drug-likeness (QED) is 0.370. The Morgan fingerprint density at radius 1 is 1.28 bits per heavy atom. The molecule has 1 aliphatic rings. The van der Waals surface area contributed by atoms with Crippen LogP contribution in [0.1, 0.15) is 25.5 Å². The van der Waals surface area contributed by atoms with Crippen LogP contribution < -0.4 is 15.8 Å². The van der Waals surface area contributed by atoms with Crippen molar-refractivity contribution in [3.05, 3.63) is 29.8 Å². The number of guanidine groups is 1. The zero-order valence-electron chi connectivity index (χ0n) is 15.4. The Bertz CT molecular complexity index is 516. The average molecular weight is 462 g/mol. The minimum absolute atomic E-state index is 0. The number of methoxy groups -OCH3 is 1. The lowest BCUT2D eigenvalue weighted by atomic mass is 10.0. The van der Waals surface area contributed by atoms with E-state index in [0.717, 1.165) is 45.1 Å². The second-order valence-corrected chi connectivity index (χ2v) is 6.44. The molecule has 0 bridgehead atoms.